The van der Waals surface area contributed by atoms with Gasteiger partial charge >= 0.3 is 5.97 Å². The molecule has 1 amide bonds. The summed E-state index contributed by atoms with van der Waals surface area (Å²) in [5.74, 6) is -0.968. The van der Waals surface area contributed by atoms with Gasteiger partial charge in [-0.2, -0.15) is 0 Å². The molecule has 0 saturated carbocycles. The number of hydrogen-bond acceptors (Lipinski definition) is 4. The van der Waals surface area contributed by atoms with Crippen LogP contribution in [0.3, 0.4) is 0 Å². The average molecular weight is 283 g/mol. The van der Waals surface area contributed by atoms with E-state index >= 15 is 0 Å². The summed E-state index contributed by atoms with van der Waals surface area (Å²) < 4.78 is 0.333. The van der Waals surface area contributed by atoms with E-state index in [2.05, 4.69) is 12.2 Å². The molecule has 18 heavy (non-hydrogen) atoms. The molecule has 1 unspecified atom stereocenters. The summed E-state index contributed by atoms with van der Waals surface area (Å²) in [5, 5.41) is 8.73. The fourth-order valence-electron chi connectivity index (χ4n) is 1.97. The van der Waals surface area contributed by atoms with E-state index in [1.165, 1.54) is 11.8 Å². The third-order valence-corrected chi connectivity index (χ3v) is 4.26. The number of thioether (sulfide) groups is 1. The molecule has 0 aromatic rings. The number of aliphatic carboxylic acids is 1. The van der Waals surface area contributed by atoms with Crippen LogP contribution in [0.4, 0.5) is 0 Å². The molecular weight excluding hydrogens is 270 g/mol. The second-order valence-corrected chi connectivity index (χ2v) is 5.90. The van der Waals surface area contributed by atoms with Crippen molar-refractivity contribution < 1.29 is 14.7 Å². The highest BCUT2D eigenvalue weighted by Crippen LogP contribution is 2.33. The lowest BCUT2D eigenvalue weighted by Gasteiger charge is -2.14. The lowest BCUT2D eigenvalue weighted by atomic mass is 9.94. The van der Waals surface area contributed by atoms with Gasteiger partial charge in [0, 0.05) is 0 Å². The first kappa shape index (κ1) is 13.3. The van der Waals surface area contributed by atoms with Crippen LogP contribution in [0.25, 0.3) is 0 Å². The summed E-state index contributed by atoms with van der Waals surface area (Å²) in [6, 6.07) is 0. The molecule has 0 aromatic carbocycles. The molecule has 96 valence electrons. The fraction of sp³-hybridized carbons (Fsp3) is 0.417. The molecule has 1 N–H and O–H groups in total. The number of carboxylic acids is 1. The summed E-state index contributed by atoms with van der Waals surface area (Å²) in [4.78, 5) is 24.4. The normalized spacial score (nSPS) is 26.1. The van der Waals surface area contributed by atoms with Gasteiger partial charge < -0.3 is 5.11 Å². The SMILES string of the molecule is O=C(O)CN1C(=O)C(=CC2CC=CCC2)SC1=S. The van der Waals surface area contributed by atoms with E-state index in [0.717, 1.165) is 24.2 Å². The summed E-state index contributed by atoms with van der Waals surface area (Å²) in [5.41, 5.74) is 0. The van der Waals surface area contributed by atoms with Gasteiger partial charge in [-0.3, -0.25) is 14.5 Å². The van der Waals surface area contributed by atoms with Crippen LogP contribution >= 0.6 is 24.0 Å². The zero-order valence-electron chi connectivity index (χ0n) is 9.67. The maximum atomic E-state index is 12.0. The molecule has 6 heteroatoms. The molecule has 1 fully saturated rings. The van der Waals surface area contributed by atoms with Gasteiger partial charge in [0.05, 0.1) is 4.91 Å². The Morgan fingerprint density at radius 1 is 1.61 bits per heavy atom. The Balaban J connectivity index is 2.09. The Kier molecular flexibility index (Phi) is 4.19. The number of carbonyl (C=O) groups is 2. The molecule has 1 aliphatic carbocycles. The largest absolute Gasteiger partial charge is 0.480 e. The number of carbonyl (C=O) groups excluding carboxylic acids is 1. The second-order valence-electron chi connectivity index (χ2n) is 4.23. The van der Waals surface area contributed by atoms with Crippen LogP contribution in [0, 0.1) is 5.92 Å². The standard InChI is InChI=1S/C12H13NO3S2/c14-10(15)7-13-11(16)9(18-12(13)17)6-8-4-2-1-3-5-8/h1-2,6,8H,3-5,7H2,(H,14,15). The Morgan fingerprint density at radius 2 is 2.39 bits per heavy atom. The van der Waals surface area contributed by atoms with Crippen molar-refractivity contribution in [3.05, 3.63) is 23.1 Å². The Hall–Kier alpha value is -1.14. The minimum atomic E-state index is -1.05. The summed E-state index contributed by atoms with van der Waals surface area (Å²) >= 11 is 6.23. The maximum absolute atomic E-state index is 12.0. The lowest BCUT2D eigenvalue weighted by molar-refractivity contribution is -0.140. The van der Waals surface area contributed by atoms with Crippen molar-refractivity contribution in [2.75, 3.05) is 6.54 Å². The number of thiocarbonyl (C=S) groups is 1. The van der Waals surface area contributed by atoms with E-state index in [1.807, 2.05) is 6.08 Å². The molecule has 2 aliphatic rings. The van der Waals surface area contributed by atoms with Crippen molar-refractivity contribution in [2.45, 2.75) is 19.3 Å². The number of carboxylic acid groups (broad SMARTS) is 1. The zero-order chi connectivity index (χ0) is 13.1. The molecule has 0 radical (unpaired) electrons. The average Bonchev–Trinajstić information content (AvgIpc) is 2.58. The van der Waals surface area contributed by atoms with Crippen LogP contribution in [-0.2, 0) is 9.59 Å². The van der Waals surface area contributed by atoms with Crippen molar-refractivity contribution >= 4 is 40.2 Å². The maximum Gasteiger partial charge on any atom is 0.323 e. The number of hydrogen-bond donors (Lipinski definition) is 1. The Labute approximate surface area is 115 Å². The van der Waals surface area contributed by atoms with Gasteiger partial charge in [-0.1, -0.05) is 42.2 Å². The van der Waals surface area contributed by atoms with Crippen molar-refractivity contribution in [1.29, 1.82) is 0 Å². The van der Waals surface area contributed by atoms with Gasteiger partial charge in [-0.15, -0.1) is 0 Å². The number of amides is 1. The van der Waals surface area contributed by atoms with Gasteiger partial charge in [0.25, 0.3) is 5.91 Å². The number of rotatable bonds is 3. The first-order valence-corrected chi connectivity index (χ1v) is 6.92. The first-order chi connectivity index (χ1) is 8.58. The minimum absolute atomic E-state index is 0.276. The molecule has 1 saturated heterocycles. The highest BCUT2D eigenvalue weighted by atomic mass is 32.2. The zero-order valence-corrected chi connectivity index (χ0v) is 11.3. The van der Waals surface area contributed by atoms with Crippen LogP contribution in [0.2, 0.25) is 0 Å². The van der Waals surface area contributed by atoms with E-state index in [0.29, 0.717) is 15.1 Å². The topological polar surface area (TPSA) is 57.6 Å². The van der Waals surface area contributed by atoms with Gasteiger partial charge in [0.2, 0.25) is 0 Å². The van der Waals surface area contributed by atoms with Crippen LogP contribution in [-0.4, -0.2) is 32.7 Å². The quantitative estimate of drug-likeness (QED) is 0.489. The number of allylic oxidation sites excluding steroid dienone is 3. The van der Waals surface area contributed by atoms with Crippen LogP contribution in [0.5, 0.6) is 0 Å². The van der Waals surface area contributed by atoms with Crippen LogP contribution < -0.4 is 0 Å². The Morgan fingerprint density at radius 3 is 3.00 bits per heavy atom. The molecule has 1 aliphatic heterocycles. The van der Waals surface area contributed by atoms with Crippen molar-refractivity contribution in [2.24, 2.45) is 5.92 Å². The molecule has 4 nitrogen and oxygen atoms in total. The summed E-state index contributed by atoms with van der Waals surface area (Å²) in [6.45, 7) is -0.355. The highest BCUT2D eigenvalue weighted by Gasteiger charge is 2.33. The first-order valence-electron chi connectivity index (χ1n) is 5.70. The van der Waals surface area contributed by atoms with Crippen molar-refractivity contribution in [1.82, 2.24) is 4.90 Å². The second kappa shape index (κ2) is 5.67. The molecule has 1 heterocycles. The lowest BCUT2D eigenvalue weighted by Crippen LogP contribution is -2.33. The van der Waals surface area contributed by atoms with Gasteiger partial charge in [-0.25, -0.2) is 0 Å². The van der Waals surface area contributed by atoms with E-state index in [-0.39, 0.29) is 12.5 Å². The highest BCUT2D eigenvalue weighted by molar-refractivity contribution is 8.26. The Bertz CT molecular complexity index is 456. The van der Waals surface area contributed by atoms with Crippen molar-refractivity contribution in [3.63, 3.8) is 0 Å². The van der Waals surface area contributed by atoms with E-state index in [1.54, 1.807) is 0 Å². The van der Waals surface area contributed by atoms with Gasteiger partial charge in [-0.05, 0) is 25.2 Å². The molecular formula is C12H13NO3S2. The molecule has 0 bridgehead atoms. The smallest absolute Gasteiger partial charge is 0.323 e. The molecule has 2 rings (SSSR count). The molecule has 0 spiro atoms. The van der Waals surface area contributed by atoms with Gasteiger partial charge in [0.1, 0.15) is 10.9 Å². The third kappa shape index (κ3) is 3.00. The number of nitrogens with zero attached hydrogens (tertiary/aromatic N) is 1. The van der Waals surface area contributed by atoms with E-state index in [4.69, 9.17) is 17.3 Å². The minimum Gasteiger partial charge on any atom is -0.480 e. The molecule has 0 aromatic heterocycles. The molecule has 1 atom stereocenters. The summed E-state index contributed by atoms with van der Waals surface area (Å²) in [7, 11) is 0. The van der Waals surface area contributed by atoms with Crippen molar-refractivity contribution in [3.8, 4) is 0 Å². The van der Waals surface area contributed by atoms with E-state index < -0.39 is 5.97 Å². The monoisotopic (exact) mass is 283 g/mol. The van der Waals surface area contributed by atoms with Gasteiger partial charge in [0.15, 0.2) is 0 Å². The van der Waals surface area contributed by atoms with Crippen LogP contribution in [0.15, 0.2) is 23.1 Å². The van der Waals surface area contributed by atoms with Crippen LogP contribution in [0.1, 0.15) is 19.3 Å². The predicted octanol–water partition coefficient (Wildman–Crippen LogP) is 2.17. The fourth-order valence-corrected chi connectivity index (χ4v) is 3.29. The predicted molar refractivity (Wildman–Crippen MR) is 74.1 cm³/mol. The van der Waals surface area contributed by atoms with E-state index in [9.17, 15) is 9.59 Å². The third-order valence-electron chi connectivity index (χ3n) is 2.86. The summed E-state index contributed by atoms with van der Waals surface area (Å²) in [6.07, 6.45) is 9.17.